The molecule has 0 atom stereocenters. The van der Waals surface area contributed by atoms with Crippen LogP contribution in [0.2, 0.25) is 0 Å². The molecule has 6 nitrogen and oxygen atoms in total. The van der Waals surface area contributed by atoms with E-state index >= 15 is 0 Å². The fraction of sp³-hybridized carbons (Fsp3) is 0.238. The molecule has 8 heteroatoms. The first kappa shape index (κ1) is 19.5. The van der Waals surface area contributed by atoms with Gasteiger partial charge in [0.2, 0.25) is 10.0 Å². The third-order valence-electron chi connectivity index (χ3n) is 5.06. The summed E-state index contributed by atoms with van der Waals surface area (Å²) in [6.45, 7) is 1.22. The van der Waals surface area contributed by atoms with E-state index in [-0.39, 0.29) is 23.9 Å². The number of fused-ring (bicyclic) bond motifs is 1. The number of nitrogens with zero attached hydrogens (tertiary/aromatic N) is 3. The van der Waals surface area contributed by atoms with Crippen LogP contribution in [0.15, 0.2) is 65.7 Å². The minimum atomic E-state index is -3.73. The van der Waals surface area contributed by atoms with Gasteiger partial charge in [-0.15, -0.1) is 0 Å². The van der Waals surface area contributed by atoms with Crippen LogP contribution in [-0.4, -0.2) is 54.7 Å². The average Bonchev–Trinajstić information content (AvgIpc) is 3.00. The summed E-state index contributed by atoms with van der Waals surface area (Å²) in [6.07, 6.45) is 2.17. The number of sulfonamides is 1. The number of aromatic nitrogens is 1. The molecule has 2 aromatic carbocycles. The minimum Gasteiger partial charge on any atom is -0.337 e. The molecular formula is C21H20FN3O3S. The molecular weight excluding hydrogens is 393 g/mol. The van der Waals surface area contributed by atoms with E-state index in [4.69, 9.17) is 0 Å². The van der Waals surface area contributed by atoms with E-state index in [1.54, 1.807) is 17.2 Å². The van der Waals surface area contributed by atoms with Gasteiger partial charge in [-0.25, -0.2) is 12.8 Å². The van der Waals surface area contributed by atoms with Gasteiger partial charge >= 0.3 is 0 Å². The Morgan fingerprint density at radius 3 is 2.48 bits per heavy atom. The Labute approximate surface area is 168 Å². The van der Waals surface area contributed by atoms with Crippen LogP contribution in [0.1, 0.15) is 16.8 Å². The van der Waals surface area contributed by atoms with Gasteiger partial charge in [0.1, 0.15) is 5.82 Å². The van der Waals surface area contributed by atoms with Crippen molar-refractivity contribution in [3.63, 3.8) is 0 Å². The molecule has 2 heterocycles. The molecule has 0 bridgehead atoms. The van der Waals surface area contributed by atoms with Crippen molar-refractivity contribution in [2.75, 3.05) is 26.2 Å². The average molecular weight is 413 g/mol. The number of hydrogen-bond acceptors (Lipinski definition) is 4. The highest BCUT2D eigenvalue weighted by Crippen LogP contribution is 2.21. The quantitative estimate of drug-likeness (QED) is 0.662. The summed E-state index contributed by atoms with van der Waals surface area (Å²) in [6, 6.07) is 14.0. The molecule has 1 saturated heterocycles. The van der Waals surface area contributed by atoms with Gasteiger partial charge in [0, 0.05) is 37.8 Å². The lowest BCUT2D eigenvalue weighted by Gasteiger charge is -2.22. The number of rotatable bonds is 3. The number of benzene rings is 2. The lowest BCUT2D eigenvalue weighted by molar-refractivity contribution is 0.0766. The Hall–Kier alpha value is -2.84. The first-order chi connectivity index (χ1) is 14.0. The van der Waals surface area contributed by atoms with E-state index < -0.39 is 15.8 Å². The maximum Gasteiger partial charge on any atom is 0.256 e. The van der Waals surface area contributed by atoms with Crippen LogP contribution in [0.5, 0.6) is 0 Å². The molecule has 3 aromatic rings. The monoisotopic (exact) mass is 413 g/mol. The molecule has 1 fully saturated rings. The lowest BCUT2D eigenvalue weighted by atomic mass is 10.1. The van der Waals surface area contributed by atoms with Crippen molar-refractivity contribution in [2.24, 2.45) is 0 Å². The fourth-order valence-corrected chi connectivity index (χ4v) is 5.01. The summed E-state index contributed by atoms with van der Waals surface area (Å²) in [5.41, 5.74) is 1.15. The van der Waals surface area contributed by atoms with Gasteiger partial charge in [0.05, 0.1) is 16.0 Å². The molecule has 1 aliphatic heterocycles. The van der Waals surface area contributed by atoms with Crippen LogP contribution in [0, 0.1) is 5.82 Å². The molecule has 1 amide bonds. The molecule has 1 aromatic heterocycles. The van der Waals surface area contributed by atoms with Crippen molar-refractivity contribution in [3.8, 4) is 0 Å². The molecule has 29 heavy (non-hydrogen) atoms. The Bertz CT molecular complexity index is 1140. The van der Waals surface area contributed by atoms with Crippen molar-refractivity contribution in [1.29, 1.82) is 0 Å². The van der Waals surface area contributed by atoms with Crippen LogP contribution in [-0.2, 0) is 10.0 Å². The zero-order chi connectivity index (χ0) is 20.4. The molecule has 150 valence electrons. The number of carbonyl (C=O) groups excluding carboxylic acids is 1. The highest BCUT2D eigenvalue weighted by atomic mass is 32.2. The highest BCUT2D eigenvalue weighted by Gasteiger charge is 2.29. The maximum absolute atomic E-state index is 13.1. The standard InChI is InChI=1S/C21H20FN3O3S/c22-17-7-9-18(10-8-17)29(27,28)25-13-3-12-24(14-15-25)21(26)19-6-1-4-16-5-2-11-23-20(16)19/h1-2,4-11H,3,12-15H2. The molecule has 0 aliphatic carbocycles. The van der Waals surface area contributed by atoms with Crippen LogP contribution in [0.3, 0.4) is 0 Å². The second-order valence-electron chi connectivity index (χ2n) is 6.88. The molecule has 0 radical (unpaired) electrons. The normalized spacial score (nSPS) is 16.0. The van der Waals surface area contributed by atoms with Gasteiger partial charge in [-0.3, -0.25) is 9.78 Å². The smallest absolute Gasteiger partial charge is 0.256 e. The van der Waals surface area contributed by atoms with Crippen molar-refractivity contribution in [2.45, 2.75) is 11.3 Å². The van der Waals surface area contributed by atoms with Gasteiger partial charge in [0.15, 0.2) is 0 Å². The first-order valence-electron chi connectivity index (χ1n) is 9.35. The molecule has 0 saturated carbocycles. The Morgan fingerprint density at radius 1 is 0.931 bits per heavy atom. The van der Waals surface area contributed by atoms with E-state index in [0.29, 0.717) is 30.6 Å². The Balaban J connectivity index is 1.54. The van der Waals surface area contributed by atoms with E-state index in [0.717, 1.165) is 17.5 Å². The summed E-state index contributed by atoms with van der Waals surface area (Å²) >= 11 is 0. The summed E-state index contributed by atoms with van der Waals surface area (Å²) in [5.74, 6) is -0.643. The fourth-order valence-electron chi connectivity index (χ4n) is 3.54. The number of para-hydroxylation sites is 1. The van der Waals surface area contributed by atoms with E-state index in [1.165, 1.54) is 16.4 Å². The van der Waals surface area contributed by atoms with Crippen molar-refractivity contribution in [3.05, 3.63) is 72.2 Å². The van der Waals surface area contributed by atoms with Gasteiger partial charge in [-0.05, 0) is 42.8 Å². The van der Waals surface area contributed by atoms with E-state index in [2.05, 4.69) is 4.98 Å². The molecule has 0 spiro atoms. The minimum absolute atomic E-state index is 0.0527. The summed E-state index contributed by atoms with van der Waals surface area (Å²) in [7, 11) is -3.73. The lowest BCUT2D eigenvalue weighted by Crippen LogP contribution is -2.37. The van der Waals surface area contributed by atoms with Gasteiger partial charge in [-0.2, -0.15) is 4.31 Å². The first-order valence-corrected chi connectivity index (χ1v) is 10.8. The second kappa shape index (κ2) is 7.88. The van der Waals surface area contributed by atoms with Crippen molar-refractivity contribution >= 4 is 26.8 Å². The van der Waals surface area contributed by atoms with Gasteiger partial charge < -0.3 is 4.90 Å². The van der Waals surface area contributed by atoms with Crippen molar-refractivity contribution in [1.82, 2.24) is 14.2 Å². The number of pyridine rings is 1. The summed E-state index contributed by atoms with van der Waals surface area (Å²) < 4.78 is 40.2. The predicted molar refractivity (Wildman–Crippen MR) is 107 cm³/mol. The molecule has 0 unspecified atom stereocenters. The van der Waals surface area contributed by atoms with Gasteiger partial charge in [0.25, 0.3) is 5.91 Å². The third-order valence-corrected chi connectivity index (χ3v) is 6.97. The van der Waals surface area contributed by atoms with Gasteiger partial charge in [-0.1, -0.05) is 18.2 Å². The Kier molecular flexibility index (Phi) is 5.29. The SMILES string of the molecule is O=C(c1cccc2cccnc12)N1CCCN(S(=O)(=O)c2ccc(F)cc2)CC1. The molecule has 1 aliphatic rings. The molecule has 4 rings (SSSR count). The number of amides is 1. The van der Waals surface area contributed by atoms with Crippen molar-refractivity contribution < 1.29 is 17.6 Å². The third kappa shape index (κ3) is 3.86. The summed E-state index contributed by atoms with van der Waals surface area (Å²) in [5, 5.41) is 0.883. The Morgan fingerprint density at radius 2 is 1.69 bits per heavy atom. The van der Waals surface area contributed by atoms with Crippen LogP contribution in [0.25, 0.3) is 10.9 Å². The number of hydrogen-bond donors (Lipinski definition) is 0. The predicted octanol–water partition coefficient (Wildman–Crippen LogP) is 2.91. The number of halogens is 1. The zero-order valence-electron chi connectivity index (χ0n) is 15.7. The van der Waals surface area contributed by atoms with Crippen LogP contribution >= 0.6 is 0 Å². The maximum atomic E-state index is 13.1. The zero-order valence-corrected chi connectivity index (χ0v) is 16.5. The largest absolute Gasteiger partial charge is 0.337 e. The van der Waals surface area contributed by atoms with Crippen LogP contribution in [0.4, 0.5) is 4.39 Å². The topological polar surface area (TPSA) is 70.6 Å². The second-order valence-corrected chi connectivity index (χ2v) is 8.82. The van der Waals surface area contributed by atoms with E-state index in [9.17, 15) is 17.6 Å². The highest BCUT2D eigenvalue weighted by molar-refractivity contribution is 7.89. The number of carbonyl (C=O) groups is 1. The van der Waals surface area contributed by atoms with Crippen LogP contribution < -0.4 is 0 Å². The summed E-state index contributed by atoms with van der Waals surface area (Å²) in [4.78, 5) is 19.2. The molecule has 0 N–H and O–H groups in total. The van der Waals surface area contributed by atoms with E-state index in [1.807, 2.05) is 24.3 Å².